The highest BCUT2D eigenvalue weighted by Crippen LogP contribution is 2.22. The second-order valence-corrected chi connectivity index (χ2v) is 6.53. The lowest BCUT2D eigenvalue weighted by atomic mass is 10.1. The lowest BCUT2D eigenvalue weighted by Crippen LogP contribution is -2.44. The minimum atomic E-state index is -0.0190. The van der Waals surface area contributed by atoms with Gasteiger partial charge in [0.25, 0.3) is 0 Å². The molecule has 0 saturated carbocycles. The summed E-state index contributed by atoms with van der Waals surface area (Å²) in [5.41, 5.74) is 0. The van der Waals surface area contributed by atoms with Gasteiger partial charge in [0.1, 0.15) is 11.9 Å². The van der Waals surface area contributed by atoms with Crippen LogP contribution in [0.1, 0.15) is 25.7 Å². The van der Waals surface area contributed by atoms with E-state index in [9.17, 15) is 9.59 Å². The van der Waals surface area contributed by atoms with Crippen LogP contribution in [0.15, 0.2) is 24.3 Å². The van der Waals surface area contributed by atoms with Crippen molar-refractivity contribution in [2.45, 2.75) is 31.8 Å². The first-order chi connectivity index (χ1) is 11.1. The number of rotatable bonds is 4. The van der Waals surface area contributed by atoms with Crippen molar-refractivity contribution in [1.82, 2.24) is 9.80 Å². The van der Waals surface area contributed by atoms with E-state index in [1.54, 1.807) is 21.9 Å². The van der Waals surface area contributed by atoms with Crippen molar-refractivity contribution in [3.8, 4) is 5.75 Å². The van der Waals surface area contributed by atoms with Crippen LogP contribution in [0.4, 0.5) is 0 Å². The van der Waals surface area contributed by atoms with Crippen LogP contribution in [0, 0.1) is 0 Å². The van der Waals surface area contributed by atoms with Gasteiger partial charge in [-0.05, 0) is 31.0 Å². The molecule has 1 aromatic rings. The third kappa shape index (κ3) is 4.16. The zero-order valence-corrected chi connectivity index (χ0v) is 13.8. The molecule has 0 bridgehead atoms. The summed E-state index contributed by atoms with van der Waals surface area (Å²) >= 11 is 5.95. The van der Waals surface area contributed by atoms with E-state index in [2.05, 4.69) is 0 Å². The quantitative estimate of drug-likeness (QED) is 0.848. The topological polar surface area (TPSA) is 49.9 Å². The summed E-state index contributed by atoms with van der Waals surface area (Å²) in [6.45, 7) is 2.13. The van der Waals surface area contributed by atoms with Gasteiger partial charge in [-0.1, -0.05) is 17.7 Å². The molecule has 0 radical (unpaired) electrons. The molecule has 2 amide bonds. The van der Waals surface area contributed by atoms with Crippen molar-refractivity contribution in [2.24, 2.45) is 0 Å². The van der Waals surface area contributed by atoms with Crippen molar-refractivity contribution in [1.29, 1.82) is 0 Å². The number of nitrogens with zero attached hydrogens (tertiary/aromatic N) is 2. The van der Waals surface area contributed by atoms with Gasteiger partial charge in [-0.25, -0.2) is 0 Å². The molecule has 0 N–H and O–H groups in total. The molecule has 0 aromatic heterocycles. The Hall–Kier alpha value is -1.75. The molecule has 3 rings (SSSR count). The van der Waals surface area contributed by atoms with Crippen molar-refractivity contribution >= 4 is 23.4 Å². The molecule has 1 unspecified atom stereocenters. The first-order valence-electron chi connectivity index (χ1n) is 8.09. The molecule has 0 spiro atoms. The van der Waals surface area contributed by atoms with Gasteiger partial charge in [0.05, 0.1) is 13.1 Å². The number of hydrogen-bond donors (Lipinski definition) is 0. The van der Waals surface area contributed by atoms with Gasteiger partial charge in [-0.15, -0.1) is 0 Å². The van der Waals surface area contributed by atoms with Gasteiger partial charge in [0.2, 0.25) is 11.8 Å². The molecule has 2 heterocycles. The monoisotopic (exact) mass is 336 g/mol. The first-order valence-corrected chi connectivity index (χ1v) is 8.47. The van der Waals surface area contributed by atoms with E-state index in [1.807, 2.05) is 12.1 Å². The molecule has 2 saturated heterocycles. The average Bonchev–Trinajstić information content (AvgIpc) is 2.98. The lowest BCUT2D eigenvalue weighted by Gasteiger charge is -2.28. The number of halogens is 1. The minimum Gasteiger partial charge on any atom is -0.488 e. The van der Waals surface area contributed by atoms with E-state index >= 15 is 0 Å². The first kappa shape index (κ1) is 16.1. The predicted molar refractivity (Wildman–Crippen MR) is 87.5 cm³/mol. The third-order valence-corrected chi connectivity index (χ3v) is 4.58. The molecule has 2 fully saturated rings. The Kier molecular flexibility index (Phi) is 5.06. The summed E-state index contributed by atoms with van der Waals surface area (Å²) in [5, 5.41) is 0.636. The summed E-state index contributed by atoms with van der Waals surface area (Å²) in [6.07, 6.45) is 3.26. The Bertz CT molecular complexity index is 593. The number of likely N-dealkylation sites (tertiary alicyclic amines) is 2. The highest BCUT2D eigenvalue weighted by Gasteiger charge is 2.30. The van der Waals surface area contributed by atoms with Crippen molar-refractivity contribution in [3.63, 3.8) is 0 Å². The van der Waals surface area contributed by atoms with Crippen molar-refractivity contribution in [2.75, 3.05) is 26.2 Å². The molecule has 5 nitrogen and oxygen atoms in total. The fourth-order valence-corrected chi connectivity index (χ4v) is 3.26. The molecule has 2 aliphatic heterocycles. The fraction of sp³-hybridized carbons (Fsp3) is 0.529. The summed E-state index contributed by atoms with van der Waals surface area (Å²) in [7, 11) is 0. The molecule has 23 heavy (non-hydrogen) atoms. The number of hydrogen-bond acceptors (Lipinski definition) is 3. The van der Waals surface area contributed by atoms with Crippen LogP contribution in [0.3, 0.4) is 0 Å². The average molecular weight is 337 g/mol. The van der Waals surface area contributed by atoms with Crippen LogP contribution >= 0.6 is 11.6 Å². The molecule has 2 aliphatic rings. The zero-order valence-electron chi connectivity index (χ0n) is 13.0. The summed E-state index contributed by atoms with van der Waals surface area (Å²) < 4.78 is 5.89. The number of carbonyl (C=O) groups excluding carboxylic acids is 2. The number of ether oxygens (including phenoxy) is 1. The molecule has 0 aliphatic carbocycles. The highest BCUT2D eigenvalue weighted by molar-refractivity contribution is 6.30. The maximum absolute atomic E-state index is 12.4. The van der Waals surface area contributed by atoms with Crippen LogP contribution in [-0.4, -0.2) is 53.9 Å². The van der Waals surface area contributed by atoms with Crippen LogP contribution in [-0.2, 0) is 9.59 Å². The summed E-state index contributed by atoms with van der Waals surface area (Å²) in [4.78, 5) is 27.6. The highest BCUT2D eigenvalue weighted by atomic mass is 35.5. The normalized spacial score (nSPS) is 21.6. The van der Waals surface area contributed by atoms with Gasteiger partial charge in [-0.3, -0.25) is 9.59 Å². The van der Waals surface area contributed by atoms with Gasteiger partial charge < -0.3 is 14.5 Å². The van der Waals surface area contributed by atoms with E-state index in [4.69, 9.17) is 16.3 Å². The van der Waals surface area contributed by atoms with Gasteiger partial charge in [-0.2, -0.15) is 0 Å². The zero-order chi connectivity index (χ0) is 16.2. The van der Waals surface area contributed by atoms with E-state index < -0.39 is 0 Å². The second kappa shape index (κ2) is 7.21. The molecule has 124 valence electrons. The van der Waals surface area contributed by atoms with Gasteiger partial charge >= 0.3 is 0 Å². The maximum Gasteiger partial charge on any atom is 0.242 e. The largest absolute Gasteiger partial charge is 0.488 e. The molecule has 6 heteroatoms. The maximum atomic E-state index is 12.4. The van der Waals surface area contributed by atoms with Crippen LogP contribution < -0.4 is 4.74 Å². The Balaban J connectivity index is 1.50. The summed E-state index contributed by atoms with van der Waals surface area (Å²) in [5.74, 6) is 0.830. The van der Waals surface area contributed by atoms with Crippen LogP contribution in [0.5, 0.6) is 5.75 Å². The van der Waals surface area contributed by atoms with Gasteiger partial charge in [0, 0.05) is 31.0 Å². The smallest absolute Gasteiger partial charge is 0.242 e. The minimum absolute atomic E-state index is 0.0115. The molecular weight excluding hydrogens is 316 g/mol. The molecular formula is C17H21ClN2O3. The number of amides is 2. The van der Waals surface area contributed by atoms with Crippen LogP contribution in [0.2, 0.25) is 5.02 Å². The Labute approximate surface area is 141 Å². The number of piperidine rings is 1. The second-order valence-electron chi connectivity index (χ2n) is 6.10. The SMILES string of the molecule is O=C1CCCCN1CC(=O)N1CCC(Oc2cccc(Cl)c2)C1. The van der Waals surface area contributed by atoms with Crippen molar-refractivity contribution in [3.05, 3.63) is 29.3 Å². The van der Waals surface area contributed by atoms with E-state index in [0.717, 1.165) is 25.0 Å². The Morgan fingerprint density at radius 2 is 2.17 bits per heavy atom. The summed E-state index contributed by atoms with van der Waals surface area (Å²) in [6, 6.07) is 7.28. The standard InChI is InChI=1S/C17H21ClN2O3/c18-13-4-3-5-14(10-13)23-15-7-9-20(11-15)17(22)12-19-8-2-1-6-16(19)21/h3-5,10,15H,1-2,6-9,11-12H2. The Morgan fingerprint density at radius 3 is 2.96 bits per heavy atom. The Morgan fingerprint density at radius 1 is 1.30 bits per heavy atom. The van der Waals surface area contributed by atoms with Gasteiger partial charge in [0.15, 0.2) is 0 Å². The predicted octanol–water partition coefficient (Wildman–Crippen LogP) is 2.33. The molecule has 1 atom stereocenters. The fourth-order valence-electron chi connectivity index (χ4n) is 3.08. The van der Waals surface area contributed by atoms with E-state index in [0.29, 0.717) is 31.1 Å². The van der Waals surface area contributed by atoms with Crippen LogP contribution in [0.25, 0.3) is 0 Å². The lowest BCUT2D eigenvalue weighted by molar-refractivity contribution is -0.141. The number of benzene rings is 1. The molecule has 1 aromatic carbocycles. The van der Waals surface area contributed by atoms with E-state index in [1.165, 1.54) is 0 Å². The van der Waals surface area contributed by atoms with E-state index in [-0.39, 0.29) is 24.5 Å². The number of carbonyl (C=O) groups is 2. The van der Waals surface area contributed by atoms with Crippen molar-refractivity contribution < 1.29 is 14.3 Å². The third-order valence-electron chi connectivity index (χ3n) is 4.34.